The van der Waals surface area contributed by atoms with Gasteiger partial charge in [-0.15, -0.1) is 0 Å². The summed E-state index contributed by atoms with van der Waals surface area (Å²) in [5, 5.41) is 11.4. The summed E-state index contributed by atoms with van der Waals surface area (Å²) in [6.07, 6.45) is 0.165. The number of oxime groups is 1. The molecule has 20 heavy (non-hydrogen) atoms. The highest BCUT2D eigenvalue weighted by Gasteiger charge is 2.28. The Morgan fingerprint density at radius 3 is 2.55 bits per heavy atom. The van der Waals surface area contributed by atoms with Crippen LogP contribution in [0.25, 0.3) is 0 Å². The number of halogens is 1. The van der Waals surface area contributed by atoms with Gasteiger partial charge in [0.1, 0.15) is 5.84 Å². The largest absolute Gasteiger partial charge is 0.409 e. The van der Waals surface area contributed by atoms with Crippen molar-refractivity contribution in [2.24, 2.45) is 10.9 Å². The maximum Gasteiger partial charge on any atom is 0.244 e. The molecule has 0 heterocycles. The predicted octanol–water partition coefficient (Wildman–Crippen LogP) is 1.98. The topological polar surface area (TPSA) is 96.0 Å². The van der Waals surface area contributed by atoms with E-state index in [4.69, 9.17) is 10.9 Å². The minimum atomic E-state index is -3.64. The van der Waals surface area contributed by atoms with Gasteiger partial charge in [-0.1, -0.05) is 17.3 Å². The molecule has 0 amide bonds. The van der Waals surface area contributed by atoms with Crippen LogP contribution in [0.1, 0.15) is 20.3 Å². The van der Waals surface area contributed by atoms with Gasteiger partial charge < -0.3 is 10.9 Å². The Labute approximate surface area is 127 Å². The lowest BCUT2D eigenvalue weighted by molar-refractivity contribution is 0.313. The van der Waals surface area contributed by atoms with Crippen LogP contribution in [0.3, 0.4) is 0 Å². The van der Waals surface area contributed by atoms with Crippen LogP contribution in [0.5, 0.6) is 0 Å². The van der Waals surface area contributed by atoms with Crippen LogP contribution in [-0.4, -0.2) is 36.4 Å². The van der Waals surface area contributed by atoms with E-state index in [9.17, 15) is 8.42 Å². The van der Waals surface area contributed by atoms with Gasteiger partial charge in [-0.3, -0.25) is 0 Å². The molecule has 0 atom stereocenters. The fraction of sp³-hybridized carbons (Fsp3) is 0.417. The Bertz CT molecular complexity index is 587. The first-order chi connectivity index (χ1) is 9.30. The number of rotatable bonds is 6. The molecule has 112 valence electrons. The second kappa shape index (κ2) is 7.05. The quantitative estimate of drug-likeness (QED) is 0.349. The van der Waals surface area contributed by atoms with Gasteiger partial charge in [-0.2, -0.15) is 4.31 Å². The van der Waals surface area contributed by atoms with Crippen LogP contribution in [0.15, 0.2) is 38.8 Å². The standard InChI is InChI=1S/C12H18BrN3O3S/c1-9(2)16(8-7-12(14)15-17)20(18,19)11-6-4-3-5-10(11)13/h3-6,9,17H,7-8H2,1-2H3,(H2,14,15). The van der Waals surface area contributed by atoms with Crippen LogP contribution < -0.4 is 5.73 Å². The average molecular weight is 364 g/mol. The summed E-state index contributed by atoms with van der Waals surface area (Å²) < 4.78 is 27.1. The van der Waals surface area contributed by atoms with Gasteiger partial charge in [0.2, 0.25) is 10.0 Å². The highest BCUT2D eigenvalue weighted by atomic mass is 79.9. The molecule has 3 N–H and O–H groups in total. The van der Waals surface area contributed by atoms with Gasteiger partial charge in [-0.25, -0.2) is 8.42 Å². The normalized spacial score (nSPS) is 13.2. The monoisotopic (exact) mass is 363 g/mol. The molecule has 8 heteroatoms. The number of benzene rings is 1. The summed E-state index contributed by atoms with van der Waals surface area (Å²) in [4.78, 5) is 0.202. The highest BCUT2D eigenvalue weighted by molar-refractivity contribution is 9.10. The lowest BCUT2D eigenvalue weighted by atomic mass is 10.3. The Kier molecular flexibility index (Phi) is 5.97. The molecule has 0 aliphatic rings. The van der Waals surface area contributed by atoms with E-state index < -0.39 is 10.0 Å². The molecule has 0 aromatic heterocycles. The molecule has 0 unspecified atom stereocenters. The van der Waals surface area contributed by atoms with Gasteiger partial charge in [-0.05, 0) is 41.9 Å². The number of hydrogen-bond donors (Lipinski definition) is 2. The minimum Gasteiger partial charge on any atom is -0.409 e. The molecule has 6 nitrogen and oxygen atoms in total. The lowest BCUT2D eigenvalue weighted by Gasteiger charge is -2.26. The first-order valence-electron chi connectivity index (χ1n) is 6.03. The third-order valence-corrected chi connectivity index (χ3v) is 5.80. The second-order valence-electron chi connectivity index (χ2n) is 4.48. The smallest absolute Gasteiger partial charge is 0.244 e. The van der Waals surface area contributed by atoms with E-state index in [1.807, 2.05) is 0 Å². The van der Waals surface area contributed by atoms with Crippen molar-refractivity contribution in [3.8, 4) is 0 Å². The van der Waals surface area contributed by atoms with Crippen molar-refractivity contribution in [3.63, 3.8) is 0 Å². The van der Waals surface area contributed by atoms with Crippen molar-refractivity contribution >= 4 is 31.8 Å². The van der Waals surface area contributed by atoms with Crippen molar-refractivity contribution in [2.45, 2.75) is 31.2 Å². The Balaban J connectivity index is 3.11. The van der Waals surface area contributed by atoms with Crippen LogP contribution in [0, 0.1) is 0 Å². The molecule has 0 aliphatic heterocycles. The predicted molar refractivity (Wildman–Crippen MR) is 81.2 cm³/mol. The van der Waals surface area contributed by atoms with Gasteiger partial charge >= 0.3 is 0 Å². The molecule has 1 aromatic carbocycles. The van der Waals surface area contributed by atoms with E-state index in [1.165, 1.54) is 10.4 Å². The zero-order valence-electron chi connectivity index (χ0n) is 11.3. The van der Waals surface area contributed by atoms with Crippen molar-refractivity contribution < 1.29 is 13.6 Å². The molecule has 1 aromatic rings. The first-order valence-corrected chi connectivity index (χ1v) is 8.26. The Morgan fingerprint density at radius 1 is 1.45 bits per heavy atom. The molecule has 0 radical (unpaired) electrons. The number of nitrogens with two attached hydrogens (primary N) is 1. The maximum atomic E-state index is 12.6. The molecule has 0 aliphatic carbocycles. The third kappa shape index (κ3) is 3.94. The summed E-state index contributed by atoms with van der Waals surface area (Å²) in [7, 11) is -3.64. The minimum absolute atomic E-state index is 0.00187. The number of sulfonamides is 1. The molecular weight excluding hydrogens is 346 g/mol. The molecule has 1 rings (SSSR count). The van der Waals surface area contributed by atoms with Crippen LogP contribution >= 0.6 is 15.9 Å². The van der Waals surface area contributed by atoms with Crippen LogP contribution in [-0.2, 0) is 10.0 Å². The summed E-state index contributed by atoms with van der Waals surface area (Å²) in [6, 6.07) is 6.39. The summed E-state index contributed by atoms with van der Waals surface area (Å²) in [5.41, 5.74) is 5.40. The van der Waals surface area contributed by atoms with Gasteiger partial charge in [0.25, 0.3) is 0 Å². The van der Waals surface area contributed by atoms with E-state index in [2.05, 4.69) is 21.1 Å². The van der Waals surface area contributed by atoms with Crippen LogP contribution in [0.2, 0.25) is 0 Å². The average Bonchev–Trinajstić information content (AvgIpc) is 2.38. The lowest BCUT2D eigenvalue weighted by Crippen LogP contribution is -2.39. The van der Waals surface area contributed by atoms with Crippen molar-refractivity contribution in [1.29, 1.82) is 0 Å². The van der Waals surface area contributed by atoms with E-state index in [0.29, 0.717) is 4.47 Å². The SMILES string of the molecule is CC(C)N(CCC(N)=NO)S(=O)(=O)c1ccccc1Br. The fourth-order valence-corrected chi connectivity index (χ4v) is 4.31. The third-order valence-electron chi connectivity index (χ3n) is 2.72. The summed E-state index contributed by atoms with van der Waals surface area (Å²) in [6.45, 7) is 3.71. The van der Waals surface area contributed by atoms with Crippen molar-refractivity contribution in [3.05, 3.63) is 28.7 Å². The Morgan fingerprint density at radius 2 is 2.05 bits per heavy atom. The highest BCUT2D eigenvalue weighted by Crippen LogP contribution is 2.26. The molecule has 0 saturated heterocycles. The molecule has 0 fully saturated rings. The van der Waals surface area contributed by atoms with Gasteiger partial charge in [0.15, 0.2) is 0 Å². The first kappa shape index (κ1) is 16.9. The number of amidine groups is 1. The second-order valence-corrected chi connectivity index (χ2v) is 7.19. The summed E-state index contributed by atoms with van der Waals surface area (Å²) >= 11 is 3.25. The molecule has 0 spiro atoms. The molecule has 0 bridgehead atoms. The zero-order chi connectivity index (χ0) is 15.3. The van der Waals surface area contributed by atoms with Crippen molar-refractivity contribution in [2.75, 3.05) is 6.54 Å². The molecule has 0 saturated carbocycles. The number of nitrogens with zero attached hydrogens (tertiary/aromatic N) is 2. The van der Waals surface area contributed by atoms with Crippen LogP contribution in [0.4, 0.5) is 0 Å². The maximum absolute atomic E-state index is 12.6. The summed E-state index contributed by atoms with van der Waals surface area (Å²) in [5.74, 6) is -0.00187. The van der Waals surface area contributed by atoms with Gasteiger partial charge in [0.05, 0.1) is 4.90 Å². The number of hydrogen-bond acceptors (Lipinski definition) is 4. The zero-order valence-corrected chi connectivity index (χ0v) is 13.7. The van der Waals surface area contributed by atoms with Crippen molar-refractivity contribution in [1.82, 2.24) is 4.31 Å². The van der Waals surface area contributed by atoms with Gasteiger partial charge in [0, 0.05) is 23.5 Å². The molecular formula is C12H18BrN3O3S. The van der Waals surface area contributed by atoms with E-state index in [-0.39, 0.29) is 29.7 Å². The van der Waals surface area contributed by atoms with E-state index in [0.717, 1.165) is 0 Å². The Hall–Kier alpha value is -1.12. The van der Waals surface area contributed by atoms with E-state index in [1.54, 1.807) is 32.0 Å². The van der Waals surface area contributed by atoms with E-state index >= 15 is 0 Å². The fourth-order valence-electron chi connectivity index (χ4n) is 1.71.